The molecule has 0 aliphatic carbocycles. The van der Waals surface area contributed by atoms with Crippen LogP contribution in [0.4, 0.5) is 22.0 Å². The van der Waals surface area contributed by atoms with Gasteiger partial charge in [-0.3, -0.25) is 0 Å². The Balaban J connectivity index is 2.79. The van der Waals surface area contributed by atoms with Crippen LogP contribution < -0.4 is 0 Å². The molecule has 5 heteroatoms. The van der Waals surface area contributed by atoms with Crippen LogP contribution in [-0.2, 0) is 6.18 Å². The average molecular weight is 246 g/mol. The first-order chi connectivity index (χ1) is 7.91. The van der Waals surface area contributed by atoms with Gasteiger partial charge in [0.05, 0.1) is 5.56 Å². The Bertz CT molecular complexity index is 542. The highest BCUT2D eigenvalue weighted by atomic mass is 19.4. The Kier molecular flexibility index (Phi) is 2.77. The van der Waals surface area contributed by atoms with Crippen LogP contribution in [0, 0.1) is 0 Å². The lowest BCUT2D eigenvalue weighted by atomic mass is 10.00. The van der Waals surface area contributed by atoms with Crippen molar-refractivity contribution >= 4 is 10.8 Å². The van der Waals surface area contributed by atoms with Crippen LogP contribution in [0.2, 0.25) is 0 Å². The van der Waals surface area contributed by atoms with Crippen LogP contribution in [0.25, 0.3) is 10.8 Å². The zero-order valence-electron chi connectivity index (χ0n) is 8.43. The van der Waals surface area contributed by atoms with E-state index in [0.29, 0.717) is 0 Å². The summed E-state index contributed by atoms with van der Waals surface area (Å²) in [4.78, 5) is 0. The molecule has 0 unspecified atom stereocenters. The topological polar surface area (TPSA) is 0 Å². The summed E-state index contributed by atoms with van der Waals surface area (Å²) in [6.45, 7) is 0. The Morgan fingerprint density at radius 1 is 0.824 bits per heavy atom. The molecule has 2 aromatic rings. The maximum Gasteiger partial charge on any atom is 0.417 e. The molecule has 90 valence electrons. The molecule has 0 aliphatic rings. The highest BCUT2D eigenvalue weighted by Gasteiger charge is 2.32. The molecular weight excluding hydrogens is 239 g/mol. The zero-order chi connectivity index (χ0) is 12.6. The van der Waals surface area contributed by atoms with Crippen molar-refractivity contribution in [3.8, 4) is 0 Å². The molecule has 17 heavy (non-hydrogen) atoms. The minimum absolute atomic E-state index is 0.0580. The number of halogens is 5. The number of benzene rings is 2. The molecule has 0 heterocycles. The first-order valence-electron chi connectivity index (χ1n) is 4.78. The van der Waals surface area contributed by atoms with E-state index in [1.165, 1.54) is 18.2 Å². The molecule has 0 fully saturated rings. The number of fused-ring (bicyclic) bond motifs is 1. The van der Waals surface area contributed by atoms with Gasteiger partial charge in [0.1, 0.15) is 0 Å². The summed E-state index contributed by atoms with van der Waals surface area (Å²) in [6, 6.07) is 6.83. The van der Waals surface area contributed by atoms with Gasteiger partial charge in [0.25, 0.3) is 6.43 Å². The lowest BCUT2D eigenvalue weighted by Crippen LogP contribution is -2.05. The Labute approximate surface area is 93.7 Å². The van der Waals surface area contributed by atoms with E-state index in [-0.39, 0.29) is 16.3 Å². The molecule has 0 aliphatic heterocycles. The van der Waals surface area contributed by atoms with E-state index >= 15 is 0 Å². The molecule has 2 rings (SSSR count). The third-order valence-electron chi connectivity index (χ3n) is 2.50. The van der Waals surface area contributed by atoms with Gasteiger partial charge >= 0.3 is 6.18 Å². The highest BCUT2D eigenvalue weighted by molar-refractivity contribution is 5.89. The fourth-order valence-electron chi connectivity index (χ4n) is 1.77. The smallest absolute Gasteiger partial charge is 0.205 e. The quantitative estimate of drug-likeness (QED) is 0.634. The molecule has 2 aromatic carbocycles. The van der Waals surface area contributed by atoms with E-state index in [1.54, 1.807) is 0 Å². The Hall–Kier alpha value is -1.65. The van der Waals surface area contributed by atoms with Crippen LogP contribution >= 0.6 is 0 Å². The van der Waals surface area contributed by atoms with E-state index in [4.69, 9.17) is 0 Å². The van der Waals surface area contributed by atoms with Crippen molar-refractivity contribution in [2.24, 2.45) is 0 Å². The molecule has 0 amide bonds. The molecule has 0 nitrogen and oxygen atoms in total. The Morgan fingerprint density at radius 2 is 1.41 bits per heavy atom. The van der Waals surface area contributed by atoms with Gasteiger partial charge in [0.15, 0.2) is 0 Å². The van der Waals surface area contributed by atoms with E-state index in [1.807, 2.05) is 0 Å². The molecule has 0 saturated carbocycles. The molecule has 0 saturated heterocycles. The number of hydrogen-bond acceptors (Lipinski definition) is 0. The lowest BCUT2D eigenvalue weighted by molar-refractivity contribution is -0.136. The normalized spacial score (nSPS) is 12.4. The van der Waals surface area contributed by atoms with Crippen molar-refractivity contribution in [2.75, 3.05) is 0 Å². The largest absolute Gasteiger partial charge is 0.417 e. The molecule has 0 spiro atoms. The zero-order valence-corrected chi connectivity index (χ0v) is 8.43. The summed E-state index contributed by atoms with van der Waals surface area (Å²) in [5, 5.41) is -0.255. The van der Waals surface area contributed by atoms with Gasteiger partial charge < -0.3 is 0 Å². The third kappa shape index (κ3) is 2.09. The van der Waals surface area contributed by atoms with E-state index in [9.17, 15) is 22.0 Å². The van der Waals surface area contributed by atoms with Crippen molar-refractivity contribution in [2.45, 2.75) is 12.6 Å². The van der Waals surface area contributed by atoms with Crippen LogP contribution in [0.3, 0.4) is 0 Å². The monoisotopic (exact) mass is 246 g/mol. The van der Waals surface area contributed by atoms with Gasteiger partial charge in [-0.2, -0.15) is 13.2 Å². The third-order valence-corrected chi connectivity index (χ3v) is 2.50. The molecule has 0 N–H and O–H groups in total. The minimum Gasteiger partial charge on any atom is -0.205 e. The molecule has 0 atom stereocenters. The fraction of sp³-hybridized carbons (Fsp3) is 0.167. The summed E-state index contributed by atoms with van der Waals surface area (Å²) in [6.07, 6.45) is -7.33. The summed E-state index contributed by atoms with van der Waals surface area (Å²) < 4.78 is 63.3. The minimum atomic E-state index is -4.54. The van der Waals surface area contributed by atoms with Crippen molar-refractivity contribution in [1.82, 2.24) is 0 Å². The first-order valence-corrected chi connectivity index (χ1v) is 4.78. The molecular formula is C12H7F5. The molecule has 0 radical (unpaired) electrons. The van der Waals surface area contributed by atoms with Crippen molar-refractivity contribution < 1.29 is 22.0 Å². The van der Waals surface area contributed by atoms with Crippen LogP contribution in [-0.4, -0.2) is 0 Å². The van der Waals surface area contributed by atoms with Gasteiger partial charge in [-0.15, -0.1) is 0 Å². The molecule has 0 aromatic heterocycles. The van der Waals surface area contributed by atoms with Crippen molar-refractivity contribution in [1.29, 1.82) is 0 Å². The second-order valence-corrected chi connectivity index (χ2v) is 3.55. The summed E-state index contributed by atoms with van der Waals surface area (Å²) >= 11 is 0. The van der Waals surface area contributed by atoms with Gasteiger partial charge in [0, 0.05) is 5.56 Å². The van der Waals surface area contributed by atoms with Crippen LogP contribution in [0.5, 0.6) is 0 Å². The van der Waals surface area contributed by atoms with Gasteiger partial charge in [-0.05, 0) is 16.8 Å². The van der Waals surface area contributed by atoms with Crippen LogP contribution in [0.15, 0.2) is 36.4 Å². The summed E-state index contributed by atoms with van der Waals surface area (Å²) in [5.41, 5.74) is -1.27. The summed E-state index contributed by atoms with van der Waals surface area (Å²) in [7, 11) is 0. The van der Waals surface area contributed by atoms with E-state index in [2.05, 4.69) is 0 Å². The van der Waals surface area contributed by atoms with Crippen LogP contribution in [0.1, 0.15) is 17.6 Å². The fourth-order valence-corrected chi connectivity index (χ4v) is 1.77. The highest BCUT2D eigenvalue weighted by Crippen LogP contribution is 2.37. The second-order valence-electron chi connectivity index (χ2n) is 3.55. The summed E-state index contributed by atoms with van der Waals surface area (Å²) in [5.74, 6) is 0. The first kappa shape index (κ1) is 11.8. The van der Waals surface area contributed by atoms with E-state index < -0.39 is 18.2 Å². The second kappa shape index (κ2) is 3.98. The number of rotatable bonds is 1. The number of alkyl halides is 5. The van der Waals surface area contributed by atoms with Gasteiger partial charge in [-0.1, -0.05) is 30.3 Å². The number of hydrogen-bond donors (Lipinski definition) is 0. The Morgan fingerprint density at radius 3 is 2.00 bits per heavy atom. The lowest BCUT2D eigenvalue weighted by Gasteiger charge is -2.12. The molecule has 0 bridgehead atoms. The van der Waals surface area contributed by atoms with Crippen molar-refractivity contribution in [3.05, 3.63) is 47.5 Å². The van der Waals surface area contributed by atoms with Gasteiger partial charge in [-0.25, -0.2) is 8.78 Å². The maximum atomic E-state index is 12.7. The predicted molar refractivity (Wildman–Crippen MR) is 53.9 cm³/mol. The predicted octanol–water partition coefficient (Wildman–Crippen LogP) is 4.80. The van der Waals surface area contributed by atoms with E-state index in [0.717, 1.165) is 18.2 Å². The maximum absolute atomic E-state index is 12.7. The SMILES string of the molecule is FC(F)c1cccc2c(C(F)(F)F)cccc12. The average Bonchev–Trinajstić information content (AvgIpc) is 2.26. The standard InChI is InChI=1S/C12H7F5/c13-11(14)9-5-1-4-8-7(9)3-2-6-10(8)12(15,16)17/h1-6,11H. The van der Waals surface area contributed by atoms with Gasteiger partial charge in [0.2, 0.25) is 0 Å². The van der Waals surface area contributed by atoms with Crippen molar-refractivity contribution in [3.63, 3.8) is 0 Å².